The first kappa shape index (κ1) is 5.72. The average molecular weight is 126 g/mol. The second kappa shape index (κ2) is 1.51. The highest BCUT2D eigenvalue weighted by molar-refractivity contribution is 4.98. The Labute approximate surface area is 56.1 Å². The number of fused-ring (bicyclic) bond motifs is 2. The van der Waals surface area contributed by atoms with Crippen molar-refractivity contribution >= 4 is 0 Å². The summed E-state index contributed by atoms with van der Waals surface area (Å²) in [5.74, 6) is 1.51. The van der Waals surface area contributed by atoms with E-state index in [9.17, 15) is 5.11 Å². The molecule has 0 heterocycles. The number of rotatable bonds is 0. The van der Waals surface area contributed by atoms with E-state index in [1.807, 2.05) is 6.92 Å². The van der Waals surface area contributed by atoms with Crippen molar-refractivity contribution in [3.63, 3.8) is 0 Å². The van der Waals surface area contributed by atoms with E-state index in [-0.39, 0.29) is 5.60 Å². The summed E-state index contributed by atoms with van der Waals surface area (Å²) in [5, 5.41) is 9.68. The Hall–Kier alpha value is -0.0400. The molecule has 9 heavy (non-hydrogen) atoms. The van der Waals surface area contributed by atoms with Crippen molar-refractivity contribution in [2.45, 2.75) is 38.2 Å². The van der Waals surface area contributed by atoms with E-state index < -0.39 is 0 Å². The van der Waals surface area contributed by atoms with Crippen LogP contribution in [0.25, 0.3) is 0 Å². The molecule has 0 spiro atoms. The van der Waals surface area contributed by atoms with Crippen LogP contribution in [0.4, 0.5) is 0 Å². The Morgan fingerprint density at radius 3 is 2.44 bits per heavy atom. The molecule has 0 unspecified atom stereocenters. The maximum Gasteiger partial charge on any atom is 0.0650 e. The highest BCUT2D eigenvalue weighted by Crippen LogP contribution is 2.50. The standard InChI is InChI=1S/C8H14O/c1-8(9)5-6-2-3-7(8)4-6/h6-7,9H,2-5H2,1H3/t6-,7+,8+/m1/s1. The molecule has 2 rings (SSSR count). The van der Waals surface area contributed by atoms with Crippen LogP contribution >= 0.6 is 0 Å². The average Bonchev–Trinajstić information content (AvgIpc) is 2.19. The molecular formula is C8H14O. The molecule has 0 aliphatic heterocycles. The topological polar surface area (TPSA) is 20.2 Å². The monoisotopic (exact) mass is 126 g/mol. The minimum absolute atomic E-state index is 0.289. The summed E-state index contributed by atoms with van der Waals surface area (Å²) in [6.45, 7) is 2.00. The van der Waals surface area contributed by atoms with Crippen LogP contribution in [-0.2, 0) is 0 Å². The molecule has 1 heteroatoms. The van der Waals surface area contributed by atoms with E-state index in [2.05, 4.69) is 0 Å². The smallest absolute Gasteiger partial charge is 0.0650 e. The van der Waals surface area contributed by atoms with Gasteiger partial charge in [0, 0.05) is 0 Å². The van der Waals surface area contributed by atoms with Gasteiger partial charge in [0.15, 0.2) is 0 Å². The van der Waals surface area contributed by atoms with Gasteiger partial charge in [-0.15, -0.1) is 0 Å². The lowest BCUT2D eigenvalue weighted by Gasteiger charge is -2.27. The molecule has 0 amide bonds. The third-order valence-electron chi connectivity index (χ3n) is 3.12. The lowest BCUT2D eigenvalue weighted by atomic mass is 9.86. The summed E-state index contributed by atoms with van der Waals surface area (Å²) in [4.78, 5) is 0. The molecule has 0 aromatic heterocycles. The molecule has 2 fully saturated rings. The quantitative estimate of drug-likeness (QED) is 0.522. The Balaban J connectivity index is 2.18. The highest BCUT2D eigenvalue weighted by atomic mass is 16.3. The van der Waals surface area contributed by atoms with Crippen LogP contribution in [0.3, 0.4) is 0 Å². The Morgan fingerprint density at radius 1 is 1.44 bits per heavy atom. The summed E-state index contributed by atoms with van der Waals surface area (Å²) in [5.41, 5.74) is -0.289. The van der Waals surface area contributed by atoms with E-state index >= 15 is 0 Å². The fourth-order valence-corrected chi connectivity index (χ4v) is 2.58. The molecular weight excluding hydrogens is 112 g/mol. The van der Waals surface area contributed by atoms with Crippen LogP contribution in [0.1, 0.15) is 32.6 Å². The first-order chi connectivity index (χ1) is 4.18. The predicted octanol–water partition coefficient (Wildman–Crippen LogP) is 1.56. The van der Waals surface area contributed by atoms with Gasteiger partial charge in [0.1, 0.15) is 0 Å². The first-order valence-corrected chi connectivity index (χ1v) is 3.91. The molecule has 2 bridgehead atoms. The molecule has 2 saturated carbocycles. The van der Waals surface area contributed by atoms with Crippen LogP contribution in [0, 0.1) is 11.8 Å². The molecule has 3 atom stereocenters. The summed E-state index contributed by atoms with van der Waals surface area (Å²) in [6, 6.07) is 0. The van der Waals surface area contributed by atoms with E-state index in [1.165, 1.54) is 19.3 Å². The normalized spacial score (nSPS) is 56.7. The fraction of sp³-hybridized carbons (Fsp3) is 1.00. The minimum atomic E-state index is -0.289. The molecule has 1 N–H and O–H groups in total. The third-order valence-corrected chi connectivity index (χ3v) is 3.12. The second-order valence-corrected chi connectivity index (χ2v) is 3.94. The van der Waals surface area contributed by atoms with Gasteiger partial charge in [-0.05, 0) is 44.4 Å². The zero-order chi connectivity index (χ0) is 6.48. The molecule has 0 saturated heterocycles. The first-order valence-electron chi connectivity index (χ1n) is 3.91. The molecule has 2 aliphatic rings. The zero-order valence-electron chi connectivity index (χ0n) is 5.93. The van der Waals surface area contributed by atoms with Crippen molar-refractivity contribution in [2.75, 3.05) is 0 Å². The van der Waals surface area contributed by atoms with Crippen molar-refractivity contribution in [3.8, 4) is 0 Å². The van der Waals surface area contributed by atoms with Gasteiger partial charge < -0.3 is 5.11 Å². The number of hydrogen-bond donors (Lipinski definition) is 1. The van der Waals surface area contributed by atoms with Gasteiger partial charge in [-0.25, -0.2) is 0 Å². The van der Waals surface area contributed by atoms with Gasteiger partial charge in [-0.3, -0.25) is 0 Å². The van der Waals surface area contributed by atoms with E-state index in [0.29, 0.717) is 5.92 Å². The predicted molar refractivity (Wildman–Crippen MR) is 36.1 cm³/mol. The number of hydrogen-bond acceptors (Lipinski definition) is 1. The van der Waals surface area contributed by atoms with Crippen LogP contribution in [0.2, 0.25) is 0 Å². The van der Waals surface area contributed by atoms with Crippen molar-refractivity contribution < 1.29 is 5.11 Å². The fourth-order valence-electron chi connectivity index (χ4n) is 2.58. The van der Waals surface area contributed by atoms with Crippen LogP contribution in [-0.4, -0.2) is 10.7 Å². The van der Waals surface area contributed by atoms with E-state index in [0.717, 1.165) is 12.3 Å². The van der Waals surface area contributed by atoms with Gasteiger partial charge >= 0.3 is 0 Å². The Morgan fingerprint density at radius 2 is 2.22 bits per heavy atom. The molecule has 0 aromatic rings. The molecule has 0 aromatic carbocycles. The molecule has 52 valence electrons. The van der Waals surface area contributed by atoms with Crippen LogP contribution in [0.15, 0.2) is 0 Å². The van der Waals surface area contributed by atoms with Gasteiger partial charge in [-0.1, -0.05) is 0 Å². The zero-order valence-corrected chi connectivity index (χ0v) is 5.93. The van der Waals surface area contributed by atoms with Gasteiger partial charge in [0.2, 0.25) is 0 Å². The highest BCUT2D eigenvalue weighted by Gasteiger charge is 2.46. The van der Waals surface area contributed by atoms with E-state index in [1.54, 1.807) is 0 Å². The van der Waals surface area contributed by atoms with Crippen molar-refractivity contribution in [2.24, 2.45) is 11.8 Å². The molecule has 0 radical (unpaired) electrons. The Kier molecular flexibility index (Phi) is 0.963. The lowest BCUT2D eigenvalue weighted by molar-refractivity contribution is 0.00531. The largest absolute Gasteiger partial charge is 0.390 e. The molecule has 1 nitrogen and oxygen atoms in total. The second-order valence-electron chi connectivity index (χ2n) is 3.94. The van der Waals surface area contributed by atoms with Gasteiger partial charge in [-0.2, -0.15) is 0 Å². The maximum absolute atomic E-state index is 9.68. The van der Waals surface area contributed by atoms with Crippen molar-refractivity contribution in [3.05, 3.63) is 0 Å². The van der Waals surface area contributed by atoms with Gasteiger partial charge in [0.05, 0.1) is 5.60 Å². The van der Waals surface area contributed by atoms with Crippen LogP contribution < -0.4 is 0 Å². The van der Waals surface area contributed by atoms with Crippen molar-refractivity contribution in [1.29, 1.82) is 0 Å². The summed E-state index contributed by atoms with van der Waals surface area (Å²) < 4.78 is 0. The third kappa shape index (κ3) is 0.710. The number of aliphatic hydroxyl groups is 1. The summed E-state index contributed by atoms with van der Waals surface area (Å²) in [6.07, 6.45) is 5.02. The van der Waals surface area contributed by atoms with Crippen molar-refractivity contribution in [1.82, 2.24) is 0 Å². The van der Waals surface area contributed by atoms with Crippen LogP contribution in [0.5, 0.6) is 0 Å². The summed E-state index contributed by atoms with van der Waals surface area (Å²) >= 11 is 0. The lowest BCUT2D eigenvalue weighted by Crippen LogP contribution is -2.30. The van der Waals surface area contributed by atoms with E-state index in [4.69, 9.17) is 0 Å². The summed E-state index contributed by atoms with van der Waals surface area (Å²) in [7, 11) is 0. The molecule has 2 aliphatic carbocycles. The minimum Gasteiger partial charge on any atom is -0.390 e. The van der Waals surface area contributed by atoms with Gasteiger partial charge in [0.25, 0.3) is 0 Å². The SMILES string of the molecule is C[C@]1(O)C[C@@H]2CC[C@H]1C2. The Bertz CT molecular complexity index is 129. The maximum atomic E-state index is 9.68.